The van der Waals surface area contributed by atoms with E-state index in [0.29, 0.717) is 11.6 Å². The molecule has 1 atom stereocenters. The molecule has 2 nitrogen and oxygen atoms in total. The van der Waals surface area contributed by atoms with Gasteiger partial charge in [-0.15, -0.1) is 0 Å². The number of hydrogen-bond donors (Lipinski definition) is 1. The topological polar surface area (TPSA) is 29.1 Å². The second kappa shape index (κ2) is 6.53. The quantitative estimate of drug-likeness (QED) is 0.850. The van der Waals surface area contributed by atoms with Crippen molar-refractivity contribution in [1.29, 1.82) is 0 Å². The van der Waals surface area contributed by atoms with E-state index in [1.807, 2.05) is 24.3 Å². The zero-order chi connectivity index (χ0) is 15.4. The van der Waals surface area contributed by atoms with Crippen LogP contribution in [0.5, 0.6) is 0 Å². The first-order valence-electron chi connectivity index (χ1n) is 7.18. The SMILES string of the molecule is CCC(C)c1ccc(NC(=O)c2ccc(C)cc2F)cc1. The lowest BCUT2D eigenvalue weighted by molar-refractivity contribution is 0.102. The first kappa shape index (κ1) is 15.2. The molecule has 0 spiro atoms. The van der Waals surface area contributed by atoms with Gasteiger partial charge in [0.05, 0.1) is 5.56 Å². The molecule has 0 aliphatic heterocycles. The zero-order valence-electron chi connectivity index (χ0n) is 12.6. The summed E-state index contributed by atoms with van der Waals surface area (Å²) >= 11 is 0. The zero-order valence-corrected chi connectivity index (χ0v) is 12.6. The van der Waals surface area contributed by atoms with Gasteiger partial charge in [0.2, 0.25) is 0 Å². The Labute approximate surface area is 125 Å². The van der Waals surface area contributed by atoms with Gasteiger partial charge in [-0.3, -0.25) is 4.79 Å². The lowest BCUT2D eigenvalue weighted by atomic mass is 9.98. The molecule has 110 valence electrons. The van der Waals surface area contributed by atoms with Crippen molar-refractivity contribution in [3.05, 3.63) is 65.0 Å². The van der Waals surface area contributed by atoms with E-state index in [1.54, 1.807) is 13.0 Å². The number of carbonyl (C=O) groups excluding carboxylic acids is 1. The van der Waals surface area contributed by atoms with E-state index in [9.17, 15) is 9.18 Å². The van der Waals surface area contributed by atoms with E-state index < -0.39 is 11.7 Å². The molecule has 0 fully saturated rings. The monoisotopic (exact) mass is 285 g/mol. The molecule has 1 N–H and O–H groups in total. The van der Waals surface area contributed by atoms with Crippen LogP contribution >= 0.6 is 0 Å². The summed E-state index contributed by atoms with van der Waals surface area (Å²) in [7, 11) is 0. The molecule has 2 aromatic rings. The number of halogens is 1. The number of hydrogen-bond acceptors (Lipinski definition) is 1. The molecule has 2 aromatic carbocycles. The van der Waals surface area contributed by atoms with Crippen molar-refractivity contribution in [2.75, 3.05) is 5.32 Å². The summed E-state index contributed by atoms with van der Waals surface area (Å²) < 4.78 is 13.8. The molecule has 1 unspecified atom stereocenters. The molecule has 21 heavy (non-hydrogen) atoms. The summed E-state index contributed by atoms with van der Waals surface area (Å²) in [6.07, 6.45) is 1.07. The minimum absolute atomic E-state index is 0.0617. The Balaban J connectivity index is 2.12. The maximum absolute atomic E-state index is 13.8. The number of aryl methyl sites for hydroxylation is 1. The van der Waals surface area contributed by atoms with E-state index in [-0.39, 0.29) is 5.56 Å². The second-order valence-corrected chi connectivity index (χ2v) is 5.37. The molecule has 0 bridgehead atoms. The average molecular weight is 285 g/mol. The largest absolute Gasteiger partial charge is 0.322 e. The van der Waals surface area contributed by atoms with Crippen LogP contribution in [0.2, 0.25) is 0 Å². The number of carbonyl (C=O) groups is 1. The van der Waals surface area contributed by atoms with Crippen LogP contribution in [0, 0.1) is 12.7 Å². The Morgan fingerprint density at radius 1 is 1.19 bits per heavy atom. The molecular formula is C18H20FNO. The Bertz CT molecular complexity index is 634. The van der Waals surface area contributed by atoms with Gasteiger partial charge in [-0.05, 0) is 54.7 Å². The molecule has 0 heterocycles. The molecule has 0 saturated carbocycles. The predicted molar refractivity (Wildman–Crippen MR) is 84.2 cm³/mol. The molecule has 0 aromatic heterocycles. The van der Waals surface area contributed by atoms with Gasteiger partial charge >= 0.3 is 0 Å². The van der Waals surface area contributed by atoms with Crippen LogP contribution in [0.15, 0.2) is 42.5 Å². The molecule has 1 amide bonds. The fourth-order valence-corrected chi connectivity index (χ4v) is 2.13. The maximum Gasteiger partial charge on any atom is 0.258 e. The van der Waals surface area contributed by atoms with Crippen molar-refractivity contribution in [1.82, 2.24) is 0 Å². The highest BCUT2D eigenvalue weighted by molar-refractivity contribution is 6.04. The highest BCUT2D eigenvalue weighted by Crippen LogP contribution is 2.21. The summed E-state index contributed by atoms with van der Waals surface area (Å²) in [6.45, 7) is 6.09. The molecule has 0 aliphatic rings. The first-order chi connectivity index (χ1) is 10.0. The molecule has 3 heteroatoms. The van der Waals surface area contributed by atoms with Crippen LogP contribution in [-0.4, -0.2) is 5.91 Å². The summed E-state index contributed by atoms with van der Waals surface area (Å²) in [5.41, 5.74) is 2.76. The van der Waals surface area contributed by atoms with Crippen LogP contribution in [0.1, 0.15) is 47.7 Å². The van der Waals surface area contributed by atoms with E-state index in [4.69, 9.17) is 0 Å². The molecule has 0 radical (unpaired) electrons. The predicted octanol–water partition coefficient (Wildman–Crippen LogP) is 4.90. The third-order valence-corrected chi connectivity index (χ3v) is 3.72. The van der Waals surface area contributed by atoms with Gasteiger partial charge in [-0.2, -0.15) is 0 Å². The molecule has 0 aliphatic carbocycles. The molecule has 2 rings (SSSR count). The highest BCUT2D eigenvalue weighted by atomic mass is 19.1. The number of amides is 1. The van der Waals surface area contributed by atoms with Crippen molar-refractivity contribution < 1.29 is 9.18 Å². The average Bonchev–Trinajstić information content (AvgIpc) is 2.47. The third-order valence-electron chi connectivity index (χ3n) is 3.72. The second-order valence-electron chi connectivity index (χ2n) is 5.37. The molecular weight excluding hydrogens is 265 g/mol. The van der Waals surface area contributed by atoms with Gasteiger partial charge in [0.1, 0.15) is 5.82 Å². The number of rotatable bonds is 4. The smallest absolute Gasteiger partial charge is 0.258 e. The van der Waals surface area contributed by atoms with Crippen molar-refractivity contribution in [2.24, 2.45) is 0 Å². The third kappa shape index (κ3) is 3.69. The minimum Gasteiger partial charge on any atom is -0.322 e. The summed E-state index contributed by atoms with van der Waals surface area (Å²) in [4.78, 5) is 12.1. The Morgan fingerprint density at radius 3 is 2.43 bits per heavy atom. The normalized spacial score (nSPS) is 12.0. The molecule has 0 saturated heterocycles. The van der Waals surface area contributed by atoms with Gasteiger partial charge < -0.3 is 5.32 Å². The maximum atomic E-state index is 13.8. The van der Waals surface area contributed by atoms with E-state index in [1.165, 1.54) is 17.7 Å². The van der Waals surface area contributed by atoms with Gasteiger partial charge in [0.15, 0.2) is 0 Å². The Hall–Kier alpha value is -2.16. The number of nitrogens with one attached hydrogen (secondary N) is 1. The van der Waals surface area contributed by atoms with Crippen molar-refractivity contribution in [3.8, 4) is 0 Å². The summed E-state index contributed by atoms with van der Waals surface area (Å²) in [5, 5.41) is 2.72. The number of anilines is 1. The van der Waals surface area contributed by atoms with Crippen LogP contribution in [0.3, 0.4) is 0 Å². The van der Waals surface area contributed by atoms with Crippen LogP contribution in [0.4, 0.5) is 10.1 Å². The summed E-state index contributed by atoms with van der Waals surface area (Å²) in [5.74, 6) is -0.434. The Kier molecular flexibility index (Phi) is 4.73. The van der Waals surface area contributed by atoms with Crippen molar-refractivity contribution in [3.63, 3.8) is 0 Å². The van der Waals surface area contributed by atoms with Crippen LogP contribution in [0.25, 0.3) is 0 Å². The van der Waals surface area contributed by atoms with Gasteiger partial charge in [0.25, 0.3) is 5.91 Å². The van der Waals surface area contributed by atoms with E-state index >= 15 is 0 Å². The lowest BCUT2D eigenvalue weighted by Crippen LogP contribution is -2.13. The van der Waals surface area contributed by atoms with Crippen molar-refractivity contribution >= 4 is 11.6 Å². The van der Waals surface area contributed by atoms with E-state index in [0.717, 1.165) is 12.0 Å². The highest BCUT2D eigenvalue weighted by Gasteiger charge is 2.12. The minimum atomic E-state index is -0.497. The van der Waals surface area contributed by atoms with Crippen LogP contribution < -0.4 is 5.32 Å². The first-order valence-corrected chi connectivity index (χ1v) is 7.18. The number of benzene rings is 2. The van der Waals surface area contributed by atoms with Crippen LogP contribution in [-0.2, 0) is 0 Å². The lowest BCUT2D eigenvalue weighted by Gasteiger charge is -2.11. The van der Waals surface area contributed by atoms with Gasteiger partial charge in [-0.1, -0.05) is 32.0 Å². The fourth-order valence-electron chi connectivity index (χ4n) is 2.13. The fraction of sp³-hybridized carbons (Fsp3) is 0.278. The van der Waals surface area contributed by atoms with Gasteiger partial charge in [0, 0.05) is 5.69 Å². The Morgan fingerprint density at radius 2 is 1.86 bits per heavy atom. The standard InChI is InChI=1S/C18H20FNO/c1-4-13(3)14-6-8-15(9-7-14)20-18(21)16-10-5-12(2)11-17(16)19/h5-11,13H,4H2,1-3H3,(H,20,21). The van der Waals surface area contributed by atoms with Gasteiger partial charge in [-0.25, -0.2) is 4.39 Å². The van der Waals surface area contributed by atoms with E-state index in [2.05, 4.69) is 19.2 Å². The summed E-state index contributed by atoms with van der Waals surface area (Å²) in [6, 6.07) is 12.3. The van der Waals surface area contributed by atoms with Crippen molar-refractivity contribution in [2.45, 2.75) is 33.1 Å².